The molecule has 0 radical (unpaired) electrons. The van der Waals surface area contributed by atoms with Crippen molar-refractivity contribution < 1.29 is 179 Å². The van der Waals surface area contributed by atoms with Gasteiger partial charge in [0.1, 0.15) is 0 Å². The zero-order valence-corrected chi connectivity index (χ0v) is 18.0. The van der Waals surface area contributed by atoms with Gasteiger partial charge in [-0.05, 0) is 0 Å². The number of carbonyl (C=O) groups excluding carboxylic acids is 9. The first-order chi connectivity index (χ1) is 13.6. The quantitative estimate of drug-likeness (QED) is 0.126. The van der Waals surface area contributed by atoms with Crippen molar-refractivity contribution in [3.63, 3.8) is 0 Å². The molecule has 0 heterocycles. The molecule has 0 unspecified atom stereocenters. The van der Waals surface area contributed by atoms with Gasteiger partial charge in [-0.15, -0.1) is 0 Å². The van der Waals surface area contributed by atoms with Crippen LogP contribution >= 0.6 is 0 Å². The van der Waals surface area contributed by atoms with Crippen molar-refractivity contribution in [2.45, 2.75) is 0 Å². The van der Waals surface area contributed by atoms with Crippen molar-refractivity contribution >= 4 is 55.4 Å². The summed E-state index contributed by atoms with van der Waals surface area (Å²) in [4.78, 5) is 85.4. The van der Waals surface area contributed by atoms with Gasteiger partial charge < -0.3 is 87.8 Å². The van der Waals surface area contributed by atoms with Gasteiger partial charge in [-0.25, -0.2) is 14.4 Å². The van der Waals surface area contributed by atoms with Gasteiger partial charge in [0.15, 0.2) is 0 Å². The van der Waals surface area contributed by atoms with E-state index in [9.17, 15) is 73.8 Å². The summed E-state index contributed by atoms with van der Waals surface area (Å²) in [5, 5.41) is 56.1. The number of rotatable bonds is 0. The molecule has 180 valence electrons. The largest absolute Gasteiger partial charge is 3.00 e. The van der Waals surface area contributed by atoms with Gasteiger partial charge in [0.05, 0.1) is 0 Å². The third-order valence-electron chi connectivity index (χ3n) is 1.000. The SMILES string of the molecule is O=C([O-])OC(=O)OC(=O)[O-].O=C([O-])OC(=O)OC(=O)[O-].O=C([O-])OC(=O)OC(=O)[O-].[Tb+3].[Tb+3]. The summed E-state index contributed by atoms with van der Waals surface area (Å²) in [7, 11) is 0. The Labute approximate surface area is 232 Å². The minimum Gasteiger partial charge on any atom is -0.467 e. The van der Waals surface area contributed by atoms with Gasteiger partial charge in [0.2, 0.25) is 0 Å². The summed E-state index contributed by atoms with van der Waals surface area (Å²) in [6.07, 6.45) is -19.0. The Kier molecular flexibility index (Phi) is 28.3. The molecule has 0 saturated heterocycles. The number of ether oxygens (including phenoxy) is 6. The fourth-order valence-electron chi connectivity index (χ4n) is 0.471. The molecule has 0 aliphatic carbocycles. The van der Waals surface area contributed by atoms with E-state index in [1.165, 1.54) is 0 Å². The van der Waals surface area contributed by atoms with Crippen LogP contribution < -0.4 is 30.6 Å². The Morgan fingerprint density at radius 1 is 0.312 bits per heavy atom. The molecular formula is C9O21Tb2. The molecule has 21 nitrogen and oxygen atoms in total. The molecule has 0 rings (SSSR count). The standard InChI is InChI=1S/3C3H2O7.2Tb/c3*4-1(5)9-3(8)10-2(6)7;;/h3*(H,4,5)(H,6,7);;/q;;;2*+3/p-6. The van der Waals surface area contributed by atoms with Crippen LogP contribution in [0.4, 0.5) is 43.2 Å². The van der Waals surface area contributed by atoms with E-state index in [0.29, 0.717) is 0 Å². The Hall–Kier alpha value is -2.80. The van der Waals surface area contributed by atoms with Gasteiger partial charge >= 0.3 is 95.7 Å². The van der Waals surface area contributed by atoms with Crippen LogP contribution in [0.1, 0.15) is 0 Å². The van der Waals surface area contributed by atoms with Crippen molar-refractivity contribution in [1.82, 2.24) is 0 Å². The fourth-order valence-corrected chi connectivity index (χ4v) is 0.471. The Morgan fingerprint density at radius 3 is 0.469 bits per heavy atom. The molecular weight excluding hydrogens is 762 g/mol. The second kappa shape index (κ2) is 22.9. The zero-order valence-electron chi connectivity index (χ0n) is 13.7. The van der Waals surface area contributed by atoms with Gasteiger partial charge in [-0.3, -0.25) is 0 Å². The van der Waals surface area contributed by atoms with E-state index in [1.807, 2.05) is 0 Å². The van der Waals surface area contributed by atoms with E-state index < -0.39 is 55.4 Å². The molecule has 32 heavy (non-hydrogen) atoms. The minimum atomic E-state index is -2.20. The molecule has 0 saturated carbocycles. The summed E-state index contributed by atoms with van der Waals surface area (Å²) in [6.45, 7) is 0. The predicted molar refractivity (Wildman–Crippen MR) is 55.1 cm³/mol. The average molecular weight is 762 g/mol. The maximum Gasteiger partial charge on any atom is 3.00 e. The van der Waals surface area contributed by atoms with Gasteiger partial charge in [-0.2, -0.15) is 0 Å². The predicted octanol–water partition coefficient (Wildman–Crippen LogP) is -6.52. The maximum atomic E-state index is 9.78. The molecule has 0 aromatic heterocycles. The molecule has 0 aromatic rings. The van der Waals surface area contributed by atoms with E-state index in [0.717, 1.165) is 0 Å². The van der Waals surface area contributed by atoms with Crippen molar-refractivity contribution in [1.29, 1.82) is 0 Å². The second-order valence-electron chi connectivity index (χ2n) is 2.86. The molecule has 0 amide bonds. The van der Waals surface area contributed by atoms with Gasteiger partial charge in [0.25, 0.3) is 36.9 Å². The van der Waals surface area contributed by atoms with Crippen LogP contribution in [0, 0.1) is 77.2 Å². The Bertz CT molecular complexity index is 561. The third kappa shape index (κ3) is 41.5. The van der Waals surface area contributed by atoms with E-state index >= 15 is 0 Å². The summed E-state index contributed by atoms with van der Waals surface area (Å²) in [5.41, 5.74) is 0. The van der Waals surface area contributed by atoms with Crippen LogP contribution in [-0.4, -0.2) is 55.4 Å². The fraction of sp³-hybridized carbons (Fsp3) is 0. The first-order valence-electron chi connectivity index (χ1n) is 5.51. The molecule has 0 atom stereocenters. The minimum absolute atomic E-state index is 0. The van der Waals surface area contributed by atoms with Crippen LogP contribution in [0.2, 0.25) is 0 Å². The molecule has 0 bridgehead atoms. The average Bonchev–Trinajstić information content (AvgIpc) is 2.42. The van der Waals surface area contributed by atoms with E-state index in [2.05, 4.69) is 28.4 Å². The summed E-state index contributed by atoms with van der Waals surface area (Å²) in [6, 6.07) is 0. The number of hydrogen-bond acceptors (Lipinski definition) is 21. The first kappa shape index (κ1) is 39.7. The van der Waals surface area contributed by atoms with E-state index in [1.54, 1.807) is 0 Å². The van der Waals surface area contributed by atoms with Gasteiger partial charge in [0, 0.05) is 0 Å². The van der Waals surface area contributed by atoms with Crippen molar-refractivity contribution in [3.8, 4) is 0 Å². The molecule has 0 aromatic carbocycles. The molecule has 23 heteroatoms. The number of hydrogen-bond donors (Lipinski definition) is 0. The van der Waals surface area contributed by atoms with Crippen LogP contribution in [0.3, 0.4) is 0 Å². The van der Waals surface area contributed by atoms with Crippen LogP contribution in [0.5, 0.6) is 0 Å². The van der Waals surface area contributed by atoms with Gasteiger partial charge in [-0.1, -0.05) is 0 Å². The Balaban J connectivity index is -0.000000110. The van der Waals surface area contributed by atoms with E-state index in [-0.39, 0.29) is 77.2 Å². The smallest absolute Gasteiger partial charge is 0.467 e. The normalized spacial score (nSPS) is 7.50. The van der Waals surface area contributed by atoms with Crippen molar-refractivity contribution in [3.05, 3.63) is 0 Å². The van der Waals surface area contributed by atoms with Crippen LogP contribution in [0.25, 0.3) is 0 Å². The van der Waals surface area contributed by atoms with Crippen molar-refractivity contribution in [2.24, 2.45) is 0 Å². The third-order valence-corrected chi connectivity index (χ3v) is 1.000. The van der Waals surface area contributed by atoms with Crippen LogP contribution in [0.15, 0.2) is 0 Å². The molecule has 0 aliphatic rings. The monoisotopic (exact) mass is 762 g/mol. The van der Waals surface area contributed by atoms with Crippen molar-refractivity contribution in [2.75, 3.05) is 0 Å². The van der Waals surface area contributed by atoms with Crippen LogP contribution in [-0.2, 0) is 28.4 Å². The second-order valence-corrected chi connectivity index (χ2v) is 2.86. The summed E-state index contributed by atoms with van der Waals surface area (Å²) >= 11 is 0. The molecule has 0 aliphatic heterocycles. The number of carbonyl (C=O) groups is 9. The first-order valence-corrected chi connectivity index (χ1v) is 5.51. The Morgan fingerprint density at radius 2 is 0.406 bits per heavy atom. The number of carboxylic acid groups (broad SMARTS) is 6. The summed E-state index contributed by atoms with van der Waals surface area (Å²) in [5.74, 6) is 0. The molecule has 0 fully saturated rings. The topological polar surface area (TPSA) is 347 Å². The van der Waals surface area contributed by atoms with E-state index in [4.69, 9.17) is 0 Å². The molecule has 0 N–H and O–H groups in total. The zero-order chi connectivity index (χ0) is 24.4. The summed E-state index contributed by atoms with van der Waals surface area (Å²) < 4.78 is 18.5. The molecule has 0 spiro atoms. The maximum absolute atomic E-state index is 9.78.